The van der Waals surface area contributed by atoms with E-state index in [2.05, 4.69) is 6.92 Å². The van der Waals surface area contributed by atoms with Crippen LogP contribution in [0.25, 0.3) is 0 Å². The Bertz CT molecular complexity index is 1080. The summed E-state index contributed by atoms with van der Waals surface area (Å²) >= 11 is 0. The topological polar surface area (TPSA) is 68.3 Å². The quantitative estimate of drug-likeness (QED) is 0.128. The van der Waals surface area contributed by atoms with E-state index in [9.17, 15) is 16.8 Å². The van der Waals surface area contributed by atoms with E-state index in [1.807, 2.05) is 13.8 Å². The lowest BCUT2D eigenvalue weighted by Crippen LogP contribution is -2.31. The van der Waals surface area contributed by atoms with E-state index in [0.717, 1.165) is 30.4 Å². The fourth-order valence-electron chi connectivity index (χ4n) is 5.27. The Kier molecular flexibility index (Phi) is 16.2. The molecule has 6 heteroatoms. The summed E-state index contributed by atoms with van der Waals surface area (Å²) < 4.78 is 52.7. The Morgan fingerprint density at radius 3 is 1.02 bits per heavy atom. The van der Waals surface area contributed by atoms with Gasteiger partial charge in [0.05, 0.1) is 9.79 Å². The molecule has 40 heavy (non-hydrogen) atoms. The van der Waals surface area contributed by atoms with Crippen LogP contribution in [0.5, 0.6) is 0 Å². The summed E-state index contributed by atoms with van der Waals surface area (Å²) in [5, 5.41) is 0. The highest BCUT2D eigenvalue weighted by Crippen LogP contribution is 2.30. The lowest BCUT2D eigenvalue weighted by Gasteiger charge is -2.19. The summed E-state index contributed by atoms with van der Waals surface area (Å²) in [6.45, 7) is 6.03. The maximum Gasteiger partial charge on any atom is 0.195 e. The van der Waals surface area contributed by atoms with Gasteiger partial charge in [0.2, 0.25) is 0 Å². The van der Waals surface area contributed by atoms with Crippen LogP contribution in [-0.4, -0.2) is 21.4 Å². The second kappa shape index (κ2) is 18.7. The summed E-state index contributed by atoms with van der Waals surface area (Å²) in [6, 6.07) is 13.0. The number of rotatable bonds is 22. The fraction of sp³-hybridized carbons (Fsp3) is 0.647. The van der Waals surface area contributed by atoms with E-state index in [-0.39, 0.29) is 16.2 Å². The van der Waals surface area contributed by atoms with Crippen molar-refractivity contribution >= 4 is 19.7 Å². The number of sulfone groups is 2. The van der Waals surface area contributed by atoms with Crippen molar-refractivity contribution in [3.8, 4) is 0 Å². The van der Waals surface area contributed by atoms with Gasteiger partial charge in [-0.05, 0) is 44.5 Å². The van der Waals surface area contributed by atoms with Crippen molar-refractivity contribution in [3.63, 3.8) is 0 Å². The zero-order valence-electron chi connectivity index (χ0n) is 25.4. The molecule has 0 saturated heterocycles. The summed E-state index contributed by atoms with van der Waals surface area (Å²) in [6.07, 6.45) is 21.1. The molecule has 2 aromatic carbocycles. The number of unbranched alkanes of at least 4 members (excludes halogenated alkanes) is 16. The van der Waals surface area contributed by atoms with Gasteiger partial charge < -0.3 is 0 Å². The highest BCUT2D eigenvalue weighted by atomic mass is 32.3. The van der Waals surface area contributed by atoms with Crippen LogP contribution in [0.2, 0.25) is 0 Å². The van der Waals surface area contributed by atoms with Crippen LogP contribution in [0, 0.1) is 13.8 Å². The molecule has 4 nitrogen and oxygen atoms in total. The van der Waals surface area contributed by atoms with Gasteiger partial charge in [-0.1, -0.05) is 151 Å². The number of benzene rings is 2. The van der Waals surface area contributed by atoms with E-state index in [4.69, 9.17) is 0 Å². The van der Waals surface area contributed by atoms with Crippen molar-refractivity contribution in [2.45, 2.75) is 151 Å². The normalized spacial score (nSPS) is 12.3. The summed E-state index contributed by atoms with van der Waals surface area (Å²) in [7, 11) is -8.09. The Hall–Kier alpha value is -1.66. The van der Waals surface area contributed by atoms with Gasteiger partial charge in [0.25, 0.3) is 0 Å². The van der Waals surface area contributed by atoms with Crippen molar-refractivity contribution < 1.29 is 16.8 Å². The average Bonchev–Trinajstić information content (AvgIpc) is 2.92. The molecule has 0 N–H and O–H groups in total. The lowest BCUT2D eigenvalue weighted by molar-refractivity contribution is 0.523. The molecule has 0 aliphatic rings. The highest BCUT2D eigenvalue weighted by Gasteiger charge is 2.39. The second-order valence-corrected chi connectivity index (χ2v) is 16.2. The molecule has 0 heterocycles. The van der Waals surface area contributed by atoms with Crippen molar-refractivity contribution in [2.75, 3.05) is 0 Å². The van der Waals surface area contributed by atoms with Gasteiger partial charge in [0.15, 0.2) is 24.3 Å². The maximum absolute atomic E-state index is 13.6. The van der Waals surface area contributed by atoms with Crippen LogP contribution in [0.3, 0.4) is 0 Å². The first kappa shape index (κ1) is 34.5. The Balaban J connectivity index is 1.75. The molecule has 0 aliphatic heterocycles. The van der Waals surface area contributed by atoms with Crippen molar-refractivity contribution in [1.29, 1.82) is 0 Å². The van der Waals surface area contributed by atoms with E-state index in [0.29, 0.717) is 6.42 Å². The molecule has 0 bridgehead atoms. The Labute approximate surface area is 246 Å². The molecular weight excluding hydrogens is 537 g/mol. The van der Waals surface area contributed by atoms with Crippen molar-refractivity contribution in [1.82, 2.24) is 0 Å². The smallest absolute Gasteiger partial charge is 0.195 e. The largest absolute Gasteiger partial charge is 0.222 e. The highest BCUT2D eigenvalue weighted by molar-refractivity contribution is 8.09. The fourth-order valence-corrected chi connectivity index (χ4v) is 9.87. The molecule has 0 fully saturated rings. The third-order valence-electron chi connectivity index (χ3n) is 7.93. The zero-order valence-corrected chi connectivity index (χ0v) is 27.0. The molecule has 0 amide bonds. The van der Waals surface area contributed by atoms with E-state index in [1.54, 1.807) is 24.3 Å². The van der Waals surface area contributed by atoms with Crippen LogP contribution in [0.15, 0.2) is 58.3 Å². The molecular formula is C34H54O4S2. The van der Waals surface area contributed by atoms with Crippen LogP contribution in [-0.2, 0) is 19.7 Å². The van der Waals surface area contributed by atoms with Crippen LogP contribution >= 0.6 is 0 Å². The van der Waals surface area contributed by atoms with Gasteiger partial charge in [0, 0.05) is 0 Å². The standard InChI is InChI=1S/C34H54O4S2/c1-4-5-6-7-8-9-10-11-12-13-14-15-16-17-18-19-20-21-34(39(35,36)32-26-22-30(2)23-27-32)40(37,38)33-28-24-31(3)25-29-33/h22-29,34H,4-21H2,1-3H3. The average molecular weight is 591 g/mol. The molecule has 0 saturated carbocycles. The minimum absolute atomic E-state index is 0.0748. The summed E-state index contributed by atoms with van der Waals surface area (Å²) in [4.78, 5) is 0.150. The first-order valence-electron chi connectivity index (χ1n) is 15.8. The van der Waals surface area contributed by atoms with Gasteiger partial charge in [-0.15, -0.1) is 0 Å². The predicted octanol–water partition coefficient (Wildman–Crippen LogP) is 9.92. The molecule has 0 unspecified atom stereocenters. The van der Waals surface area contributed by atoms with Gasteiger partial charge in [-0.25, -0.2) is 16.8 Å². The second-order valence-electron chi connectivity index (χ2n) is 11.6. The van der Waals surface area contributed by atoms with Crippen LogP contribution in [0.4, 0.5) is 0 Å². The monoisotopic (exact) mass is 590 g/mol. The molecule has 0 spiro atoms. The Morgan fingerprint density at radius 2 is 0.725 bits per heavy atom. The van der Waals surface area contributed by atoms with Crippen molar-refractivity contribution in [2.24, 2.45) is 0 Å². The Morgan fingerprint density at radius 1 is 0.450 bits per heavy atom. The number of hydrogen-bond donors (Lipinski definition) is 0. The van der Waals surface area contributed by atoms with Crippen molar-refractivity contribution in [3.05, 3.63) is 59.7 Å². The SMILES string of the molecule is CCCCCCCCCCCCCCCCCCCC(S(=O)(=O)c1ccc(C)cc1)S(=O)(=O)c1ccc(C)cc1. The zero-order chi connectivity index (χ0) is 29.3. The minimum Gasteiger partial charge on any atom is -0.222 e. The number of aryl methyl sites for hydroxylation is 2. The summed E-state index contributed by atoms with van der Waals surface area (Å²) in [5.41, 5.74) is 1.87. The minimum atomic E-state index is -4.04. The van der Waals surface area contributed by atoms with Gasteiger partial charge in [-0.2, -0.15) is 0 Å². The molecule has 0 aromatic heterocycles. The van der Waals surface area contributed by atoms with E-state index in [1.165, 1.54) is 108 Å². The van der Waals surface area contributed by atoms with E-state index < -0.39 is 24.3 Å². The first-order valence-corrected chi connectivity index (χ1v) is 18.9. The van der Waals surface area contributed by atoms with Gasteiger partial charge in [-0.3, -0.25) is 0 Å². The molecule has 2 aromatic rings. The van der Waals surface area contributed by atoms with Crippen LogP contribution < -0.4 is 0 Å². The molecule has 0 aliphatic carbocycles. The van der Waals surface area contributed by atoms with Crippen LogP contribution in [0.1, 0.15) is 134 Å². The summed E-state index contributed by atoms with van der Waals surface area (Å²) in [5.74, 6) is 0. The molecule has 226 valence electrons. The molecule has 2 rings (SSSR count). The molecule has 0 radical (unpaired) electrons. The van der Waals surface area contributed by atoms with Gasteiger partial charge >= 0.3 is 0 Å². The van der Waals surface area contributed by atoms with E-state index >= 15 is 0 Å². The lowest BCUT2D eigenvalue weighted by atomic mass is 10.0. The number of hydrogen-bond acceptors (Lipinski definition) is 4. The third kappa shape index (κ3) is 12.1. The molecule has 0 atom stereocenters. The maximum atomic E-state index is 13.6. The van der Waals surface area contributed by atoms with Gasteiger partial charge in [0.1, 0.15) is 0 Å². The third-order valence-corrected chi connectivity index (χ3v) is 13.2. The first-order chi connectivity index (χ1) is 19.2. The predicted molar refractivity (Wildman–Crippen MR) is 169 cm³/mol.